The Bertz CT molecular complexity index is 2490. The van der Waals surface area contributed by atoms with E-state index >= 15 is 13.2 Å². The van der Waals surface area contributed by atoms with Crippen LogP contribution < -0.4 is 14.0 Å². The average molecular weight is 831 g/mol. The zero-order valence-corrected chi connectivity index (χ0v) is 26.6. The van der Waals surface area contributed by atoms with Gasteiger partial charge in [-0.15, -0.1) is 0 Å². The summed E-state index contributed by atoms with van der Waals surface area (Å²) in [6, 6.07) is 2.97. The molecule has 1 heterocycles. The zero-order valence-electron chi connectivity index (χ0n) is 26.6. The van der Waals surface area contributed by atoms with Crippen molar-refractivity contribution in [3.63, 3.8) is 0 Å². The molecule has 0 saturated heterocycles. The standard InChI is InChI=1S/C30H3BF18O3.C4H5N/c32-7-1-4-10(19(41)16(7)38)28(25(47)22(44)13(4)35)50-31(51-29-11-5(14(36)23(45)26(29)48)2-8(33)17(39)20(11)42)52-30-12-6(15(37)24(46)27(30)49)3-9(34)18(40)21(12)43;1-2-4-5-3-1/h1-3H;1-5H. The Morgan fingerprint density at radius 2 is 0.579 bits per heavy atom. The Labute approximate surface area is 302 Å². The number of hydrogen-bond donors (Lipinski definition) is 1. The van der Waals surface area contributed by atoms with Gasteiger partial charge >= 0.3 is 7.32 Å². The van der Waals surface area contributed by atoms with Gasteiger partial charge in [0.25, 0.3) is 0 Å². The molecule has 0 amide bonds. The molecule has 7 aromatic rings. The number of aromatic amines is 1. The molecule has 296 valence electrons. The highest BCUT2D eigenvalue weighted by molar-refractivity contribution is 6.40. The van der Waals surface area contributed by atoms with Crippen molar-refractivity contribution < 1.29 is 93.0 Å². The summed E-state index contributed by atoms with van der Waals surface area (Å²) in [5, 5.41) is -11.1. The molecule has 4 nitrogen and oxygen atoms in total. The van der Waals surface area contributed by atoms with Crippen molar-refractivity contribution in [1.29, 1.82) is 0 Å². The van der Waals surface area contributed by atoms with Crippen molar-refractivity contribution in [2.45, 2.75) is 0 Å². The van der Waals surface area contributed by atoms with Crippen molar-refractivity contribution in [2.75, 3.05) is 0 Å². The number of fused-ring (bicyclic) bond motifs is 3. The number of aromatic nitrogens is 1. The molecule has 7 rings (SSSR count). The van der Waals surface area contributed by atoms with Gasteiger partial charge < -0.3 is 18.9 Å². The minimum Gasteiger partial charge on any atom is -0.486 e. The maximum atomic E-state index is 15.2. The second kappa shape index (κ2) is 14.9. The summed E-state index contributed by atoms with van der Waals surface area (Å²) in [7, 11) is -3.82. The van der Waals surface area contributed by atoms with E-state index in [0.29, 0.717) is 0 Å². The SMILES string of the molecule is Fc1cc2c(F)c(F)c(F)c(OB(Oc3c(F)c(F)c(F)c4cc(F)c(F)c(F)c34)Oc3c(F)c(F)c(F)c4cc(F)c(F)c(F)c34)c2c(F)c1F.c1cc[nH]c1. The largest absolute Gasteiger partial charge is 0.864 e. The second-order valence-electron chi connectivity index (χ2n) is 11.1. The molecule has 6 aromatic carbocycles. The Morgan fingerprint density at radius 1 is 0.316 bits per heavy atom. The van der Waals surface area contributed by atoms with Gasteiger partial charge in [-0.05, 0) is 30.3 Å². The summed E-state index contributed by atoms with van der Waals surface area (Å²) in [5.74, 6) is -53.3. The van der Waals surface area contributed by atoms with Crippen LogP contribution >= 0.6 is 0 Å². The normalized spacial score (nSPS) is 11.3. The molecule has 0 unspecified atom stereocenters. The molecule has 1 N–H and O–H groups in total. The first-order chi connectivity index (χ1) is 26.8. The predicted molar refractivity (Wildman–Crippen MR) is 160 cm³/mol. The maximum absolute atomic E-state index is 15.2. The van der Waals surface area contributed by atoms with Gasteiger partial charge in [0.1, 0.15) is 0 Å². The van der Waals surface area contributed by atoms with Crippen LogP contribution in [0.5, 0.6) is 17.2 Å². The van der Waals surface area contributed by atoms with E-state index in [1.807, 2.05) is 24.5 Å². The number of rotatable bonds is 6. The minimum absolute atomic E-state index is 0.306. The van der Waals surface area contributed by atoms with Crippen LogP contribution in [0.15, 0.2) is 42.7 Å². The van der Waals surface area contributed by atoms with E-state index in [0.717, 1.165) is 0 Å². The predicted octanol–water partition coefficient (Wildman–Crippen LogP) is 11.2. The molecule has 0 radical (unpaired) electrons. The third-order valence-corrected chi connectivity index (χ3v) is 7.77. The number of halogens is 18. The van der Waals surface area contributed by atoms with Crippen LogP contribution in [0.2, 0.25) is 0 Å². The van der Waals surface area contributed by atoms with Gasteiger partial charge in [0, 0.05) is 28.6 Å². The third-order valence-electron chi connectivity index (χ3n) is 7.77. The van der Waals surface area contributed by atoms with E-state index in [4.69, 9.17) is 0 Å². The molecule has 1 aromatic heterocycles. The highest BCUT2D eigenvalue weighted by atomic mass is 19.2. The lowest BCUT2D eigenvalue weighted by molar-refractivity contribution is 0.282. The van der Waals surface area contributed by atoms with Crippen molar-refractivity contribution in [1.82, 2.24) is 4.98 Å². The fourth-order valence-electron chi connectivity index (χ4n) is 5.21. The Hall–Kier alpha value is -6.42. The van der Waals surface area contributed by atoms with E-state index < -0.39 is 162 Å². The van der Waals surface area contributed by atoms with Crippen LogP contribution in [0.3, 0.4) is 0 Å². The van der Waals surface area contributed by atoms with Gasteiger partial charge in [0.2, 0.25) is 17.5 Å². The molecular weight excluding hydrogens is 823 g/mol. The quantitative estimate of drug-likeness (QED) is 0.103. The number of hydrogen-bond acceptors (Lipinski definition) is 3. The summed E-state index contributed by atoms with van der Waals surface area (Å²) in [6.45, 7) is 0. The van der Waals surface area contributed by atoms with Crippen molar-refractivity contribution in [2.24, 2.45) is 0 Å². The van der Waals surface area contributed by atoms with Gasteiger partial charge in [-0.1, -0.05) is 0 Å². The van der Waals surface area contributed by atoms with Gasteiger partial charge in [-0.2, -0.15) is 13.2 Å². The number of nitrogens with one attached hydrogen (secondary N) is 1. The smallest absolute Gasteiger partial charge is 0.486 e. The van der Waals surface area contributed by atoms with Gasteiger partial charge in [-0.3, -0.25) is 0 Å². The first kappa shape index (κ1) is 40.3. The minimum atomic E-state index is -3.82. The van der Waals surface area contributed by atoms with E-state index in [9.17, 15) is 65.9 Å². The molecule has 0 atom stereocenters. The molecule has 0 spiro atoms. The first-order valence-electron chi connectivity index (χ1n) is 14.8. The van der Waals surface area contributed by atoms with Crippen LogP contribution in [-0.4, -0.2) is 12.3 Å². The molecule has 23 heteroatoms. The fourth-order valence-corrected chi connectivity index (χ4v) is 5.21. The van der Waals surface area contributed by atoms with Gasteiger partial charge in [0.05, 0.1) is 16.2 Å². The lowest BCUT2D eigenvalue weighted by atomic mass is 10.0. The van der Waals surface area contributed by atoms with Gasteiger partial charge in [0.15, 0.2) is 105 Å². The van der Waals surface area contributed by atoms with Crippen LogP contribution in [0.25, 0.3) is 32.3 Å². The van der Waals surface area contributed by atoms with E-state index in [1.165, 1.54) is 0 Å². The highest BCUT2D eigenvalue weighted by Crippen LogP contribution is 2.42. The Morgan fingerprint density at radius 3 is 0.807 bits per heavy atom. The summed E-state index contributed by atoms with van der Waals surface area (Å²) in [5.41, 5.74) is 0. The number of benzene rings is 6. The molecule has 57 heavy (non-hydrogen) atoms. The van der Waals surface area contributed by atoms with Crippen LogP contribution in [-0.2, 0) is 0 Å². The molecule has 0 aliphatic heterocycles. The zero-order chi connectivity index (χ0) is 41.9. The number of H-pyrrole nitrogens is 1. The lowest BCUT2D eigenvalue weighted by Crippen LogP contribution is -2.38. The molecule has 0 aliphatic rings. The lowest BCUT2D eigenvalue weighted by Gasteiger charge is -2.21. The van der Waals surface area contributed by atoms with E-state index in [2.05, 4.69) is 18.9 Å². The van der Waals surface area contributed by atoms with Gasteiger partial charge in [-0.25, -0.2) is 65.9 Å². The third kappa shape index (κ3) is 6.58. The van der Waals surface area contributed by atoms with Crippen molar-refractivity contribution in [3.8, 4) is 17.2 Å². The first-order valence-corrected chi connectivity index (χ1v) is 14.8. The topological polar surface area (TPSA) is 43.5 Å². The van der Waals surface area contributed by atoms with Crippen LogP contribution in [0.4, 0.5) is 79.0 Å². The Balaban J connectivity index is 0.00000102. The maximum Gasteiger partial charge on any atom is 0.864 e. The molecule has 0 saturated carbocycles. The molecule has 0 fully saturated rings. The van der Waals surface area contributed by atoms with Crippen molar-refractivity contribution in [3.05, 3.63) is 147 Å². The summed E-state index contributed by atoms with van der Waals surface area (Å²) >= 11 is 0. The average Bonchev–Trinajstić information content (AvgIpc) is 3.78. The second-order valence-corrected chi connectivity index (χ2v) is 11.1. The summed E-state index contributed by atoms with van der Waals surface area (Å²) < 4.78 is 276. The molecule has 0 aliphatic carbocycles. The van der Waals surface area contributed by atoms with E-state index in [1.54, 1.807) is 0 Å². The summed E-state index contributed by atoms with van der Waals surface area (Å²) in [4.78, 5) is 2.86. The fraction of sp³-hybridized carbons (Fsp3) is 0. The Kier molecular flexibility index (Phi) is 10.5. The monoisotopic (exact) mass is 831 g/mol. The summed E-state index contributed by atoms with van der Waals surface area (Å²) in [6.07, 6.45) is 3.75. The van der Waals surface area contributed by atoms with E-state index in [-0.39, 0.29) is 18.2 Å². The van der Waals surface area contributed by atoms with Crippen LogP contribution in [0.1, 0.15) is 0 Å². The van der Waals surface area contributed by atoms with Crippen molar-refractivity contribution >= 4 is 39.6 Å². The molecular formula is C34H8BF18NO3. The van der Waals surface area contributed by atoms with Crippen LogP contribution in [0, 0.1) is 105 Å². The highest BCUT2D eigenvalue weighted by Gasteiger charge is 2.41. The molecule has 0 bridgehead atoms.